The van der Waals surface area contributed by atoms with Gasteiger partial charge < -0.3 is 14.7 Å². The first-order valence-corrected chi connectivity index (χ1v) is 13.8. The van der Waals surface area contributed by atoms with Crippen LogP contribution in [0.15, 0.2) is 65.7 Å². The summed E-state index contributed by atoms with van der Waals surface area (Å²) < 4.78 is 35.1. The van der Waals surface area contributed by atoms with Gasteiger partial charge in [0.1, 0.15) is 11.7 Å². The van der Waals surface area contributed by atoms with Gasteiger partial charge in [0.2, 0.25) is 15.9 Å². The molecule has 1 amide bonds. The minimum atomic E-state index is -4.00. The molecule has 1 aliphatic rings. The fourth-order valence-corrected chi connectivity index (χ4v) is 5.59. The quantitative estimate of drug-likeness (QED) is 0.481. The zero-order valence-electron chi connectivity index (χ0n) is 21.7. The number of rotatable bonds is 7. The minimum Gasteiger partial charge on any atom is -0.469 e. The van der Waals surface area contributed by atoms with E-state index in [0.29, 0.717) is 12.1 Å². The predicted octanol–water partition coefficient (Wildman–Crippen LogP) is 4.17. The van der Waals surface area contributed by atoms with Gasteiger partial charge in [0, 0.05) is 24.0 Å². The molecule has 0 saturated heterocycles. The van der Waals surface area contributed by atoms with Gasteiger partial charge in [-0.3, -0.25) is 4.79 Å². The van der Waals surface area contributed by atoms with E-state index in [9.17, 15) is 18.3 Å². The molecule has 1 aromatic heterocycles. The Labute approximate surface area is 218 Å². The summed E-state index contributed by atoms with van der Waals surface area (Å²) in [6.07, 6.45) is 0.963. The SMILES string of the molecule is CCc1ccc(S(=O)(=O)N[C@@H]2c3cc(C(=O)N(CC)c4ccc(C)cc4)cnc3OC(C)(C)[C@H]2O)cc1. The van der Waals surface area contributed by atoms with Gasteiger partial charge in [-0.15, -0.1) is 0 Å². The minimum absolute atomic E-state index is 0.0828. The van der Waals surface area contributed by atoms with Gasteiger partial charge in [0.25, 0.3) is 5.91 Å². The Balaban J connectivity index is 1.72. The second kappa shape index (κ2) is 10.2. The van der Waals surface area contributed by atoms with Crippen LogP contribution >= 0.6 is 0 Å². The van der Waals surface area contributed by atoms with Crippen molar-refractivity contribution in [1.82, 2.24) is 9.71 Å². The monoisotopic (exact) mass is 523 g/mol. The van der Waals surface area contributed by atoms with Gasteiger partial charge in [-0.2, -0.15) is 0 Å². The standard InChI is InChI=1S/C28H33N3O5S/c1-6-19-10-14-22(15-11-19)37(34,35)30-24-23-16-20(17-29-26(23)36-28(4,5)25(24)32)27(33)31(7-2)21-12-8-18(3)9-13-21/h8-17,24-25,30,32H,6-7H2,1-5H3/t24-,25+/m1/s1. The van der Waals surface area contributed by atoms with Crippen LogP contribution in [0.1, 0.15) is 60.8 Å². The molecule has 1 aliphatic heterocycles. The average molecular weight is 524 g/mol. The van der Waals surface area contributed by atoms with Crippen molar-refractivity contribution >= 4 is 21.6 Å². The summed E-state index contributed by atoms with van der Waals surface area (Å²) in [5.74, 6) is -0.128. The lowest BCUT2D eigenvalue weighted by molar-refractivity contribution is -0.0632. The molecule has 2 aromatic carbocycles. The number of sulfonamides is 1. The van der Waals surface area contributed by atoms with E-state index in [1.54, 1.807) is 36.9 Å². The molecule has 2 atom stereocenters. The second-order valence-corrected chi connectivity index (χ2v) is 11.5. The average Bonchev–Trinajstić information content (AvgIpc) is 2.88. The molecule has 9 heteroatoms. The van der Waals surface area contributed by atoms with Crippen LogP contribution in [0.3, 0.4) is 0 Å². The van der Waals surface area contributed by atoms with Crippen molar-refractivity contribution in [2.24, 2.45) is 0 Å². The number of anilines is 1. The van der Waals surface area contributed by atoms with Crippen molar-refractivity contribution in [3.05, 3.63) is 83.0 Å². The molecule has 0 saturated carbocycles. The van der Waals surface area contributed by atoms with Gasteiger partial charge >= 0.3 is 0 Å². The molecule has 0 radical (unpaired) electrons. The topological polar surface area (TPSA) is 109 Å². The zero-order chi connectivity index (χ0) is 27.0. The number of carbonyl (C=O) groups excluding carboxylic acids is 1. The van der Waals surface area contributed by atoms with E-state index < -0.39 is 27.8 Å². The third-order valence-electron chi connectivity index (χ3n) is 6.68. The Bertz CT molecular complexity index is 1390. The number of pyridine rings is 1. The van der Waals surface area contributed by atoms with E-state index in [4.69, 9.17) is 4.74 Å². The number of carbonyl (C=O) groups is 1. The highest BCUT2D eigenvalue weighted by molar-refractivity contribution is 7.89. The van der Waals surface area contributed by atoms with Crippen LogP contribution in [0.2, 0.25) is 0 Å². The maximum atomic E-state index is 13.5. The van der Waals surface area contributed by atoms with Crippen LogP contribution in [0.25, 0.3) is 0 Å². The molecular weight excluding hydrogens is 490 g/mol. The van der Waals surface area contributed by atoms with E-state index in [1.807, 2.05) is 45.0 Å². The van der Waals surface area contributed by atoms with Crippen LogP contribution in [-0.2, 0) is 16.4 Å². The molecule has 37 heavy (non-hydrogen) atoms. The van der Waals surface area contributed by atoms with Crippen LogP contribution < -0.4 is 14.4 Å². The van der Waals surface area contributed by atoms with Crippen molar-refractivity contribution < 1.29 is 23.1 Å². The summed E-state index contributed by atoms with van der Waals surface area (Å²) in [5.41, 5.74) is 2.26. The first-order chi connectivity index (χ1) is 17.5. The lowest BCUT2D eigenvalue weighted by Crippen LogP contribution is -2.53. The van der Waals surface area contributed by atoms with E-state index >= 15 is 0 Å². The van der Waals surface area contributed by atoms with Gasteiger partial charge in [-0.1, -0.05) is 36.8 Å². The number of amides is 1. The van der Waals surface area contributed by atoms with Gasteiger partial charge in [-0.25, -0.2) is 18.1 Å². The molecule has 4 rings (SSSR count). The number of aromatic nitrogens is 1. The molecule has 2 heterocycles. The van der Waals surface area contributed by atoms with Crippen LogP contribution in [0, 0.1) is 6.92 Å². The molecule has 0 unspecified atom stereocenters. The highest BCUT2D eigenvalue weighted by atomic mass is 32.2. The molecule has 2 N–H and O–H groups in total. The first-order valence-electron chi connectivity index (χ1n) is 12.3. The molecule has 8 nitrogen and oxygen atoms in total. The fraction of sp³-hybridized carbons (Fsp3) is 0.357. The number of aliphatic hydroxyl groups excluding tert-OH is 1. The maximum absolute atomic E-state index is 13.5. The van der Waals surface area contributed by atoms with Gasteiger partial charge in [0.15, 0.2) is 0 Å². The van der Waals surface area contributed by atoms with Crippen LogP contribution in [-0.4, -0.2) is 42.7 Å². The van der Waals surface area contributed by atoms with Gasteiger partial charge in [-0.05, 0) is 70.0 Å². The predicted molar refractivity (Wildman–Crippen MR) is 142 cm³/mol. The second-order valence-electron chi connectivity index (χ2n) is 9.75. The number of aryl methyl sites for hydroxylation is 2. The largest absolute Gasteiger partial charge is 0.469 e. The molecule has 0 fully saturated rings. The number of hydrogen-bond donors (Lipinski definition) is 2. The van der Waals surface area contributed by atoms with Gasteiger partial charge in [0.05, 0.1) is 16.5 Å². The Morgan fingerprint density at radius 3 is 2.35 bits per heavy atom. The summed E-state index contributed by atoms with van der Waals surface area (Å²) in [6.45, 7) is 9.59. The van der Waals surface area contributed by atoms with E-state index in [-0.39, 0.29) is 22.2 Å². The summed E-state index contributed by atoms with van der Waals surface area (Å²) in [6, 6.07) is 14.7. The van der Waals surface area contributed by atoms with Crippen molar-refractivity contribution in [2.75, 3.05) is 11.4 Å². The summed E-state index contributed by atoms with van der Waals surface area (Å²) >= 11 is 0. The molecule has 0 aliphatic carbocycles. The number of benzene rings is 2. The number of nitrogens with one attached hydrogen (secondary N) is 1. The van der Waals surface area contributed by atoms with E-state index in [0.717, 1.165) is 23.2 Å². The lowest BCUT2D eigenvalue weighted by Gasteiger charge is -2.41. The molecule has 0 spiro atoms. The van der Waals surface area contributed by atoms with E-state index in [2.05, 4.69) is 9.71 Å². The smallest absolute Gasteiger partial charge is 0.259 e. The molecule has 3 aromatic rings. The van der Waals surface area contributed by atoms with Crippen molar-refractivity contribution in [3.8, 4) is 5.88 Å². The van der Waals surface area contributed by atoms with Crippen molar-refractivity contribution in [3.63, 3.8) is 0 Å². The summed E-state index contributed by atoms with van der Waals surface area (Å²) in [5, 5.41) is 11.1. The van der Waals surface area contributed by atoms with Crippen molar-refractivity contribution in [1.29, 1.82) is 0 Å². The zero-order valence-corrected chi connectivity index (χ0v) is 22.5. The third-order valence-corrected chi connectivity index (χ3v) is 8.14. The van der Waals surface area contributed by atoms with E-state index in [1.165, 1.54) is 18.3 Å². The Morgan fingerprint density at radius 1 is 1.11 bits per heavy atom. The Kier molecular flexibility index (Phi) is 7.41. The lowest BCUT2D eigenvalue weighted by atomic mass is 9.88. The molecular formula is C28H33N3O5S. The highest BCUT2D eigenvalue weighted by Gasteiger charge is 2.45. The van der Waals surface area contributed by atoms with Crippen LogP contribution in [0.4, 0.5) is 5.69 Å². The highest BCUT2D eigenvalue weighted by Crippen LogP contribution is 2.40. The fourth-order valence-electron chi connectivity index (χ4n) is 4.37. The summed E-state index contributed by atoms with van der Waals surface area (Å²) in [4.78, 5) is 19.5. The Morgan fingerprint density at radius 2 is 1.76 bits per heavy atom. The maximum Gasteiger partial charge on any atom is 0.259 e. The van der Waals surface area contributed by atoms with Crippen LogP contribution in [0.5, 0.6) is 5.88 Å². The normalized spacial score (nSPS) is 18.5. The third kappa shape index (κ3) is 5.39. The molecule has 0 bridgehead atoms. The number of hydrogen-bond acceptors (Lipinski definition) is 6. The molecule has 196 valence electrons. The number of nitrogens with zero attached hydrogens (tertiary/aromatic N) is 2. The van der Waals surface area contributed by atoms with Crippen molar-refractivity contribution in [2.45, 2.75) is 63.7 Å². The summed E-state index contributed by atoms with van der Waals surface area (Å²) in [7, 11) is -4.00. The number of fused-ring (bicyclic) bond motifs is 1. The first kappa shape index (κ1) is 26.8. The number of aliphatic hydroxyl groups is 1. The number of ether oxygens (including phenoxy) is 1. The Hall–Kier alpha value is -3.27.